The SMILES string of the molecule is CCNC(=NCC(C(C)C)N1CCCC1)NCCc1ncc(CC)s1. The fourth-order valence-corrected chi connectivity index (χ4v) is 4.12. The highest BCUT2D eigenvalue weighted by Crippen LogP contribution is 2.18. The Morgan fingerprint density at radius 3 is 2.64 bits per heavy atom. The molecule has 1 aliphatic rings. The molecule has 0 bridgehead atoms. The third kappa shape index (κ3) is 6.59. The third-order valence-electron chi connectivity index (χ3n) is 4.74. The number of thiazole rings is 1. The van der Waals surface area contributed by atoms with E-state index in [0.717, 1.165) is 38.4 Å². The summed E-state index contributed by atoms with van der Waals surface area (Å²) in [5, 5.41) is 8.05. The highest BCUT2D eigenvalue weighted by molar-refractivity contribution is 7.11. The monoisotopic (exact) mass is 365 g/mol. The minimum Gasteiger partial charge on any atom is -0.357 e. The van der Waals surface area contributed by atoms with Gasteiger partial charge in [-0.1, -0.05) is 20.8 Å². The van der Waals surface area contributed by atoms with Crippen LogP contribution in [0.2, 0.25) is 0 Å². The molecule has 6 heteroatoms. The Bertz CT molecular complexity index is 520. The molecular formula is C19H35N5S. The number of aryl methyl sites for hydroxylation is 1. The zero-order chi connectivity index (χ0) is 18.1. The molecule has 1 fully saturated rings. The van der Waals surface area contributed by atoms with E-state index in [1.54, 1.807) is 0 Å². The van der Waals surface area contributed by atoms with Crippen LogP contribution >= 0.6 is 11.3 Å². The molecule has 2 heterocycles. The molecule has 0 radical (unpaired) electrons. The quantitative estimate of drug-likeness (QED) is 0.522. The first-order chi connectivity index (χ1) is 12.1. The summed E-state index contributed by atoms with van der Waals surface area (Å²) >= 11 is 1.82. The van der Waals surface area contributed by atoms with Crippen LogP contribution in [-0.2, 0) is 12.8 Å². The first-order valence-electron chi connectivity index (χ1n) is 9.83. The molecule has 142 valence electrons. The van der Waals surface area contributed by atoms with E-state index in [-0.39, 0.29) is 0 Å². The van der Waals surface area contributed by atoms with Crippen molar-refractivity contribution in [3.05, 3.63) is 16.1 Å². The lowest BCUT2D eigenvalue weighted by atomic mass is 10.0. The number of nitrogens with zero attached hydrogens (tertiary/aromatic N) is 3. The van der Waals surface area contributed by atoms with Crippen molar-refractivity contribution in [1.29, 1.82) is 0 Å². The second-order valence-corrected chi connectivity index (χ2v) is 8.22. The van der Waals surface area contributed by atoms with Crippen LogP contribution in [0.1, 0.15) is 50.4 Å². The summed E-state index contributed by atoms with van der Waals surface area (Å²) in [5.74, 6) is 1.56. The van der Waals surface area contributed by atoms with Crippen molar-refractivity contribution in [3.8, 4) is 0 Å². The lowest BCUT2D eigenvalue weighted by Gasteiger charge is -2.29. The summed E-state index contributed by atoms with van der Waals surface area (Å²) in [4.78, 5) is 13.3. The minimum absolute atomic E-state index is 0.545. The van der Waals surface area contributed by atoms with Gasteiger partial charge in [0.25, 0.3) is 0 Å². The molecule has 1 unspecified atom stereocenters. The second-order valence-electron chi connectivity index (χ2n) is 7.02. The normalized spacial score (nSPS) is 17.2. The number of nitrogens with one attached hydrogen (secondary N) is 2. The van der Waals surface area contributed by atoms with Crippen LogP contribution in [-0.4, -0.2) is 54.6 Å². The fraction of sp³-hybridized carbons (Fsp3) is 0.789. The molecule has 1 aliphatic heterocycles. The van der Waals surface area contributed by atoms with Gasteiger partial charge in [0.2, 0.25) is 0 Å². The number of aliphatic imine (C=N–C) groups is 1. The number of hydrogen-bond acceptors (Lipinski definition) is 4. The number of rotatable bonds is 9. The molecule has 0 saturated carbocycles. The van der Waals surface area contributed by atoms with Crippen molar-refractivity contribution < 1.29 is 0 Å². The Kier molecular flexibility index (Phi) is 8.68. The first-order valence-corrected chi connectivity index (χ1v) is 10.7. The van der Waals surface area contributed by atoms with Crippen LogP contribution in [0.4, 0.5) is 0 Å². The maximum absolute atomic E-state index is 4.87. The van der Waals surface area contributed by atoms with Gasteiger partial charge in [-0.3, -0.25) is 9.89 Å². The molecule has 2 rings (SSSR count). The molecule has 25 heavy (non-hydrogen) atoms. The molecule has 0 aliphatic carbocycles. The van der Waals surface area contributed by atoms with Gasteiger partial charge in [0, 0.05) is 36.6 Å². The summed E-state index contributed by atoms with van der Waals surface area (Å²) < 4.78 is 0. The van der Waals surface area contributed by atoms with Gasteiger partial charge in [-0.05, 0) is 45.2 Å². The van der Waals surface area contributed by atoms with Crippen molar-refractivity contribution in [1.82, 2.24) is 20.5 Å². The van der Waals surface area contributed by atoms with Crippen LogP contribution in [0.15, 0.2) is 11.2 Å². The lowest BCUT2D eigenvalue weighted by molar-refractivity contribution is 0.197. The van der Waals surface area contributed by atoms with E-state index in [9.17, 15) is 0 Å². The molecule has 2 N–H and O–H groups in total. The largest absolute Gasteiger partial charge is 0.357 e. The lowest BCUT2D eigenvalue weighted by Crippen LogP contribution is -2.42. The van der Waals surface area contributed by atoms with Crippen molar-refractivity contribution in [3.63, 3.8) is 0 Å². The van der Waals surface area contributed by atoms with E-state index in [0.29, 0.717) is 12.0 Å². The minimum atomic E-state index is 0.545. The maximum Gasteiger partial charge on any atom is 0.191 e. The zero-order valence-corrected chi connectivity index (χ0v) is 17.2. The van der Waals surface area contributed by atoms with Gasteiger partial charge in [-0.2, -0.15) is 0 Å². The second kappa shape index (κ2) is 10.8. The van der Waals surface area contributed by atoms with Gasteiger partial charge in [0.05, 0.1) is 11.6 Å². The number of likely N-dealkylation sites (tertiary alicyclic amines) is 1. The maximum atomic E-state index is 4.87. The molecule has 1 aromatic rings. The van der Waals surface area contributed by atoms with Crippen LogP contribution in [0.3, 0.4) is 0 Å². The van der Waals surface area contributed by atoms with Gasteiger partial charge < -0.3 is 10.6 Å². The standard InChI is InChI=1S/C19H35N5S/c1-5-16-13-22-18(25-16)9-10-21-19(20-6-2)23-14-17(15(3)4)24-11-7-8-12-24/h13,15,17H,5-12,14H2,1-4H3,(H2,20,21,23). The average molecular weight is 366 g/mol. The molecule has 1 saturated heterocycles. The molecule has 0 amide bonds. The first kappa shape index (κ1) is 20.2. The fourth-order valence-electron chi connectivity index (χ4n) is 3.26. The van der Waals surface area contributed by atoms with E-state index in [4.69, 9.17) is 4.99 Å². The topological polar surface area (TPSA) is 52.6 Å². The number of guanidine groups is 1. The van der Waals surface area contributed by atoms with Gasteiger partial charge in [-0.15, -0.1) is 11.3 Å². The molecule has 0 spiro atoms. The molecule has 1 aromatic heterocycles. The predicted molar refractivity (Wildman–Crippen MR) is 109 cm³/mol. The van der Waals surface area contributed by atoms with Crippen LogP contribution in [0, 0.1) is 5.92 Å². The molecular weight excluding hydrogens is 330 g/mol. The van der Waals surface area contributed by atoms with Gasteiger partial charge >= 0.3 is 0 Å². The van der Waals surface area contributed by atoms with Crippen LogP contribution < -0.4 is 10.6 Å². The molecule has 5 nitrogen and oxygen atoms in total. The Labute approximate surface area is 157 Å². The van der Waals surface area contributed by atoms with Gasteiger partial charge in [0.1, 0.15) is 0 Å². The van der Waals surface area contributed by atoms with Crippen molar-refractivity contribution in [2.24, 2.45) is 10.9 Å². The number of aromatic nitrogens is 1. The summed E-state index contributed by atoms with van der Waals surface area (Å²) in [6.07, 6.45) is 6.69. The summed E-state index contributed by atoms with van der Waals surface area (Å²) in [7, 11) is 0. The van der Waals surface area contributed by atoms with Gasteiger partial charge in [0.15, 0.2) is 5.96 Å². The van der Waals surface area contributed by atoms with E-state index in [1.807, 2.05) is 17.5 Å². The summed E-state index contributed by atoms with van der Waals surface area (Å²) in [6.45, 7) is 14.0. The molecule has 1 atom stereocenters. The van der Waals surface area contributed by atoms with E-state index in [2.05, 4.69) is 48.2 Å². The zero-order valence-electron chi connectivity index (χ0n) is 16.3. The van der Waals surface area contributed by atoms with Crippen LogP contribution in [0.5, 0.6) is 0 Å². The number of hydrogen-bond donors (Lipinski definition) is 2. The Morgan fingerprint density at radius 2 is 2.04 bits per heavy atom. The summed E-state index contributed by atoms with van der Waals surface area (Å²) in [5.41, 5.74) is 0. The van der Waals surface area contributed by atoms with E-state index in [1.165, 1.54) is 35.8 Å². The van der Waals surface area contributed by atoms with Crippen LogP contribution in [0.25, 0.3) is 0 Å². The average Bonchev–Trinajstić information content (AvgIpc) is 3.26. The van der Waals surface area contributed by atoms with Crippen molar-refractivity contribution >= 4 is 17.3 Å². The van der Waals surface area contributed by atoms with Gasteiger partial charge in [-0.25, -0.2) is 4.98 Å². The van der Waals surface area contributed by atoms with Crippen molar-refractivity contribution in [2.45, 2.75) is 59.4 Å². The Hall–Kier alpha value is -1.14. The Balaban J connectivity index is 1.85. The van der Waals surface area contributed by atoms with E-state index < -0.39 is 0 Å². The smallest absolute Gasteiger partial charge is 0.191 e. The highest BCUT2D eigenvalue weighted by atomic mass is 32.1. The summed E-state index contributed by atoms with van der Waals surface area (Å²) in [6, 6.07) is 0.545. The highest BCUT2D eigenvalue weighted by Gasteiger charge is 2.24. The Morgan fingerprint density at radius 1 is 1.28 bits per heavy atom. The van der Waals surface area contributed by atoms with Crippen molar-refractivity contribution in [2.75, 3.05) is 32.7 Å². The predicted octanol–water partition coefficient (Wildman–Crippen LogP) is 2.92. The van der Waals surface area contributed by atoms with E-state index >= 15 is 0 Å². The molecule has 0 aromatic carbocycles. The third-order valence-corrected chi connectivity index (χ3v) is 5.94.